The van der Waals surface area contributed by atoms with Crippen LogP contribution in [0.2, 0.25) is 0 Å². The van der Waals surface area contributed by atoms with Gasteiger partial charge in [-0.1, -0.05) is 24.3 Å². The van der Waals surface area contributed by atoms with Crippen LogP contribution in [0.1, 0.15) is 72.5 Å². The standard InChI is InChI=1S/C33H38F2N4O7/c1-3-46-31(42)24-7-5-4-6-23(24)19-8-11-22(12-9-19)38-15-14-21(17-38)36-32(43)39-29(20-10-13-25(34)26(35)16-20)28(30(40)41)27(18-45-2)37-33(39)44/h4-7,10,13,16,19,21-22,29H,3,8-9,11-12,14-15,17-18H2,1-2H3,(H,36,43)(H,37,44)(H,40,41)/t19?,21-,22?,29+/m1/s1. The highest BCUT2D eigenvalue weighted by molar-refractivity contribution is 6.01. The lowest BCUT2D eigenvalue weighted by atomic mass is 9.79. The van der Waals surface area contributed by atoms with E-state index in [4.69, 9.17) is 9.47 Å². The summed E-state index contributed by atoms with van der Waals surface area (Å²) in [6.07, 6.45) is 4.22. The number of esters is 1. The van der Waals surface area contributed by atoms with Gasteiger partial charge in [0.1, 0.15) is 6.04 Å². The first-order valence-electron chi connectivity index (χ1n) is 15.4. The number of nitrogens with zero attached hydrogens (tertiary/aromatic N) is 2. The van der Waals surface area contributed by atoms with E-state index >= 15 is 0 Å². The second-order valence-electron chi connectivity index (χ2n) is 11.7. The molecule has 3 aliphatic rings. The molecule has 1 aliphatic carbocycles. The van der Waals surface area contributed by atoms with Gasteiger partial charge in [0.15, 0.2) is 11.6 Å². The molecule has 0 bridgehead atoms. The van der Waals surface area contributed by atoms with Gasteiger partial charge in [0, 0.05) is 32.3 Å². The molecule has 0 aromatic heterocycles. The van der Waals surface area contributed by atoms with Gasteiger partial charge in [-0.05, 0) is 74.3 Å². The largest absolute Gasteiger partial charge is 0.478 e. The number of benzene rings is 2. The van der Waals surface area contributed by atoms with E-state index in [1.165, 1.54) is 7.11 Å². The highest BCUT2D eigenvalue weighted by Gasteiger charge is 2.44. The molecule has 0 radical (unpaired) electrons. The average molecular weight is 641 g/mol. The van der Waals surface area contributed by atoms with Gasteiger partial charge in [-0.25, -0.2) is 32.9 Å². The molecule has 2 aliphatic heterocycles. The second kappa shape index (κ2) is 14.4. The summed E-state index contributed by atoms with van der Waals surface area (Å²) in [7, 11) is 1.31. The number of methoxy groups -OCH3 is 1. The molecule has 0 spiro atoms. The first-order valence-corrected chi connectivity index (χ1v) is 15.4. The number of rotatable bonds is 9. The van der Waals surface area contributed by atoms with Crippen molar-refractivity contribution in [3.63, 3.8) is 0 Å². The molecule has 5 rings (SSSR count). The van der Waals surface area contributed by atoms with Crippen LogP contribution in [0.15, 0.2) is 53.7 Å². The van der Waals surface area contributed by atoms with E-state index in [1.807, 2.05) is 18.2 Å². The zero-order chi connectivity index (χ0) is 33.0. The van der Waals surface area contributed by atoms with Crippen LogP contribution in [0.25, 0.3) is 0 Å². The summed E-state index contributed by atoms with van der Waals surface area (Å²) in [5, 5.41) is 15.4. The van der Waals surface area contributed by atoms with Crippen molar-refractivity contribution in [3.05, 3.63) is 82.1 Å². The number of carbonyl (C=O) groups is 4. The Balaban J connectivity index is 1.27. The normalized spacial score (nSPS) is 23.7. The number of nitrogens with one attached hydrogen (secondary N) is 2. The summed E-state index contributed by atoms with van der Waals surface area (Å²) in [6, 6.07) is 6.97. The molecule has 3 N–H and O–H groups in total. The first kappa shape index (κ1) is 33.0. The number of amides is 4. The summed E-state index contributed by atoms with van der Waals surface area (Å²) in [6.45, 7) is 3.07. The zero-order valence-electron chi connectivity index (χ0n) is 25.8. The summed E-state index contributed by atoms with van der Waals surface area (Å²) >= 11 is 0. The minimum Gasteiger partial charge on any atom is -0.478 e. The Labute approximate surface area is 265 Å². The minimum atomic E-state index is -1.53. The number of carbonyl (C=O) groups excluding carboxylic acids is 3. The van der Waals surface area contributed by atoms with Gasteiger partial charge >= 0.3 is 24.0 Å². The maximum absolute atomic E-state index is 14.3. The third kappa shape index (κ3) is 6.90. The number of carboxylic acid groups (broad SMARTS) is 1. The molecule has 11 nitrogen and oxygen atoms in total. The van der Waals surface area contributed by atoms with E-state index in [-0.39, 0.29) is 41.8 Å². The third-order valence-electron chi connectivity index (χ3n) is 8.99. The first-order chi connectivity index (χ1) is 22.1. The molecule has 2 aromatic carbocycles. The second-order valence-corrected chi connectivity index (χ2v) is 11.7. The quantitative estimate of drug-likeness (QED) is 0.336. The van der Waals surface area contributed by atoms with Gasteiger partial charge < -0.3 is 25.2 Å². The fourth-order valence-corrected chi connectivity index (χ4v) is 6.86. The van der Waals surface area contributed by atoms with Crippen molar-refractivity contribution >= 4 is 24.0 Å². The van der Waals surface area contributed by atoms with Crippen molar-refractivity contribution in [2.45, 2.75) is 63.1 Å². The van der Waals surface area contributed by atoms with Crippen LogP contribution in [0.3, 0.4) is 0 Å². The lowest BCUT2D eigenvalue weighted by Gasteiger charge is -2.37. The van der Waals surface area contributed by atoms with Crippen molar-refractivity contribution in [2.24, 2.45) is 0 Å². The lowest BCUT2D eigenvalue weighted by Crippen LogP contribution is -2.56. The third-order valence-corrected chi connectivity index (χ3v) is 8.99. The Kier molecular flexibility index (Phi) is 10.3. The molecule has 4 amide bonds. The van der Waals surface area contributed by atoms with Gasteiger partial charge in [0.25, 0.3) is 0 Å². The molecule has 2 aromatic rings. The number of likely N-dealkylation sites (tertiary alicyclic amines) is 1. The van der Waals surface area contributed by atoms with E-state index in [0.29, 0.717) is 30.0 Å². The molecule has 2 heterocycles. The van der Waals surface area contributed by atoms with Crippen LogP contribution < -0.4 is 10.6 Å². The van der Waals surface area contributed by atoms with Crippen LogP contribution in [-0.4, -0.2) is 84.4 Å². The molecular weight excluding hydrogens is 602 g/mol. The van der Waals surface area contributed by atoms with Crippen LogP contribution in [0.4, 0.5) is 18.4 Å². The van der Waals surface area contributed by atoms with Gasteiger partial charge in [0.05, 0.1) is 30.0 Å². The Morgan fingerprint density at radius 1 is 1.04 bits per heavy atom. The van der Waals surface area contributed by atoms with Crippen molar-refractivity contribution in [1.82, 2.24) is 20.4 Å². The van der Waals surface area contributed by atoms with E-state index in [0.717, 1.165) is 56.0 Å². The van der Waals surface area contributed by atoms with Crippen molar-refractivity contribution in [3.8, 4) is 0 Å². The van der Waals surface area contributed by atoms with E-state index < -0.39 is 41.3 Å². The summed E-state index contributed by atoms with van der Waals surface area (Å²) in [5.41, 5.74) is 1.05. The van der Waals surface area contributed by atoms with Crippen molar-refractivity contribution in [1.29, 1.82) is 0 Å². The fraction of sp³-hybridized carbons (Fsp3) is 0.455. The summed E-state index contributed by atoms with van der Waals surface area (Å²) in [5.74, 6) is -3.92. The van der Waals surface area contributed by atoms with Crippen molar-refractivity contribution in [2.75, 3.05) is 33.4 Å². The smallest absolute Gasteiger partial charge is 0.338 e. The number of carboxylic acids is 1. The number of imide groups is 1. The predicted molar refractivity (Wildman–Crippen MR) is 162 cm³/mol. The Bertz CT molecular complexity index is 1530. The molecule has 46 heavy (non-hydrogen) atoms. The van der Waals surface area contributed by atoms with E-state index in [2.05, 4.69) is 15.5 Å². The van der Waals surface area contributed by atoms with Crippen LogP contribution in [0.5, 0.6) is 0 Å². The highest BCUT2D eigenvalue weighted by Crippen LogP contribution is 2.38. The highest BCUT2D eigenvalue weighted by atomic mass is 19.2. The average Bonchev–Trinajstić information content (AvgIpc) is 3.50. The molecule has 2 fully saturated rings. The van der Waals surface area contributed by atoms with Gasteiger partial charge in [0.2, 0.25) is 0 Å². The summed E-state index contributed by atoms with van der Waals surface area (Å²) < 4.78 is 38.4. The number of halogens is 2. The number of urea groups is 2. The number of aliphatic carboxylic acids is 1. The van der Waals surface area contributed by atoms with Crippen molar-refractivity contribution < 1.29 is 42.5 Å². The molecule has 246 valence electrons. The van der Waals surface area contributed by atoms with Crippen LogP contribution in [0, 0.1) is 11.6 Å². The lowest BCUT2D eigenvalue weighted by molar-refractivity contribution is -0.133. The van der Waals surface area contributed by atoms with E-state index in [9.17, 15) is 33.1 Å². The van der Waals surface area contributed by atoms with Gasteiger partial charge in [-0.3, -0.25) is 4.90 Å². The van der Waals surface area contributed by atoms with Gasteiger partial charge in [-0.15, -0.1) is 0 Å². The zero-order valence-corrected chi connectivity index (χ0v) is 25.8. The molecule has 0 unspecified atom stereocenters. The molecule has 1 saturated heterocycles. The Morgan fingerprint density at radius 2 is 1.78 bits per heavy atom. The Hall–Kier alpha value is -4.36. The van der Waals surface area contributed by atoms with Crippen LogP contribution in [-0.2, 0) is 14.3 Å². The Morgan fingerprint density at radius 3 is 2.46 bits per heavy atom. The number of hydrogen-bond acceptors (Lipinski definition) is 7. The molecular formula is C33H38F2N4O7. The number of hydrogen-bond donors (Lipinski definition) is 3. The topological polar surface area (TPSA) is 138 Å². The molecule has 13 heteroatoms. The molecule has 1 saturated carbocycles. The fourth-order valence-electron chi connectivity index (χ4n) is 6.86. The van der Waals surface area contributed by atoms with E-state index in [1.54, 1.807) is 13.0 Å². The number of ether oxygens (including phenoxy) is 2. The predicted octanol–water partition coefficient (Wildman–Crippen LogP) is 4.70. The summed E-state index contributed by atoms with van der Waals surface area (Å²) in [4.78, 5) is 54.8. The molecule has 2 atom stereocenters. The van der Waals surface area contributed by atoms with Gasteiger partial charge in [-0.2, -0.15) is 0 Å². The maximum Gasteiger partial charge on any atom is 0.338 e. The minimum absolute atomic E-state index is 0.0794. The monoisotopic (exact) mass is 640 g/mol. The SMILES string of the molecule is CCOC(=O)c1ccccc1C1CCC(N2CC[C@@H](NC(=O)N3C(=O)NC(COC)=C(C(=O)O)[C@@H]3c3ccc(F)c(F)c3)C2)CC1. The maximum atomic E-state index is 14.3. The van der Waals surface area contributed by atoms with Crippen LogP contribution >= 0.6 is 0 Å².